The maximum Gasteiger partial charge on any atom is 0.331 e. The summed E-state index contributed by atoms with van der Waals surface area (Å²) in [7, 11) is 0. The fraction of sp³-hybridized carbons (Fsp3) is 0.0769. The number of aliphatic carboxylic acids is 1. The Hall–Kier alpha value is -2.56. The topological polar surface area (TPSA) is 75.4 Å². The van der Waals surface area contributed by atoms with E-state index in [-0.39, 0.29) is 0 Å². The van der Waals surface area contributed by atoms with E-state index in [2.05, 4.69) is 15.0 Å². The van der Waals surface area contributed by atoms with E-state index in [1.807, 2.05) is 0 Å². The van der Waals surface area contributed by atoms with E-state index in [0.29, 0.717) is 12.0 Å². The van der Waals surface area contributed by atoms with Crippen molar-refractivity contribution in [3.05, 3.63) is 53.3 Å². The van der Waals surface area contributed by atoms with Gasteiger partial charge in [-0.2, -0.15) is 0 Å². The third-order valence-corrected chi connectivity index (χ3v) is 2.89. The van der Waals surface area contributed by atoms with Crippen LogP contribution in [0.15, 0.2) is 47.0 Å². The molecule has 1 aromatic heterocycles. The van der Waals surface area contributed by atoms with Gasteiger partial charge in [0.2, 0.25) is 0 Å². The van der Waals surface area contributed by atoms with Crippen molar-refractivity contribution in [3.8, 4) is 0 Å². The van der Waals surface area contributed by atoms with E-state index in [9.17, 15) is 4.79 Å². The third kappa shape index (κ3) is 1.66. The van der Waals surface area contributed by atoms with Gasteiger partial charge < -0.3 is 5.11 Å². The number of carboxylic acid groups (broad SMARTS) is 1. The maximum absolute atomic E-state index is 11.0. The second kappa shape index (κ2) is 4.03. The predicted octanol–water partition coefficient (Wildman–Crippen LogP) is 1.59. The molecule has 0 saturated carbocycles. The van der Waals surface area contributed by atoms with Gasteiger partial charge in [-0.25, -0.2) is 14.8 Å². The van der Waals surface area contributed by atoms with E-state index < -0.39 is 5.97 Å². The molecule has 0 aromatic carbocycles. The molecule has 88 valence electrons. The highest BCUT2D eigenvalue weighted by Crippen LogP contribution is 2.33. The highest BCUT2D eigenvalue weighted by molar-refractivity contribution is 5.97. The molecule has 0 radical (unpaired) electrons. The Balaban J connectivity index is 2.16. The Labute approximate surface area is 103 Å². The van der Waals surface area contributed by atoms with Gasteiger partial charge in [0, 0.05) is 41.7 Å². The molecule has 0 amide bonds. The summed E-state index contributed by atoms with van der Waals surface area (Å²) in [4.78, 5) is 23.3. The second-order valence-electron chi connectivity index (χ2n) is 4.01. The summed E-state index contributed by atoms with van der Waals surface area (Å²) in [5.41, 5.74) is 3.76. The molecule has 5 heteroatoms. The van der Waals surface area contributed by atoms with Gasteiger partial charge in [-0.15, -0.1) is 0 Å². The number of allylic oxidation sites excluding steroid dienone is 4. The summed E-state index contributed by atoms with van der Waals surface area (Å²) in [5, 5.41) is 9.01. The lowest BCUT2D eigenvalue weighted by Gasteiger charge is -2.15. The molecule has 1 aliphatic heterocycles. The summed E-state index contributed by atoms with van der Waals surface area (Å²) < 4.78 is 0. The fourth-order valence-electron chi connectivity index (χ4n) is 2.01. The average Bonchev–Trinajstić information content (AvgIpc) is 2.57. The van der Waals surface area contributed by atoms with Gasteiger partial charge in [-0.05, 0) is 5.57 Å². The molecular formula is C13H9N3O2. The number of nitrogens with zero attached hydrogens (tertiary/aromatic N) is 3. The van der Waals surface area contributed by atoms with E-state index in [4.69, 9.17) is 5.11 Å². The van der Waals surface area contributed by atoms with Crippen molar-refractivity contribution >= 4 is 17.8 Å². The van der Waals surface area contributed by atoms with Crippen molar-refractivity contribution in [3.63, 3.8) is 0 Å². The number of aromatic nitrogens is 2. The largest absolute Gasteiger partial charge is 0.478 e. The van der Waals surface area contributed by atoms with Gasteiger partial charge in [0.1, 0.15) is 6.33 Å². The molecule has 0 spiro atoms. The minimum absolute atomic E-state index is 0.359. The van der Waals surface area contributed by atoms with Crippen molar-refractivity contribution in [2.75, 3.05) is 0 Å². The van der Waals surface area contributed by atoms with Crippen LogP contribution in [0.4, 0.5) is 0 Å². The van der Waals surface area contributed by atoms with Crippen LogP contribution in [-0.4, -0.2) is 27.3 Å². The number of fused-ring (bicyclic) bond motifs is 3. The molecule has 2 aliphatic rings. The molecule has 0 saturated heterocycles. The number of carbonyl (C=O) groups is 1. The van der Waals surface area contributed by atoms with Crippen molar-refractivity contribution in [1.29, 1.82) is 0 Å². The van der Waals surface area contributed by atoms with E-state index in [1.165, 1.54) is 6.33 Å². The van der Waals surface area contributed by atoms with Crippen LogP contribution in [0.2, 0.25) is 0 Å². The first-order valence-corrected chi connectivity index (χ1v) is 5.43. The Morgan fingerprint density at radius 3 is 3.06 bits per heavy atom. The molecule has 0 unspecified atom stereocenters. The molecule has 18 heavy (non-hydrogen) atoms. The minimum Gasteiger partial charge on any atom is -0.478 e. The van der Waals surface area contributed by atoms with Crippen LogP contribution < -0.4 is 0 Å². The van der Waals surface area contributed by atoms with Crippen molar-refractivity contribution in [2.24, 2.45) is 4.99 Å². The van der Waals surface area contributed by atoms with Crippen molar-refractivity contribution in [1.82, 2.24) is 9.97 Å². The van der Waals surface area contributed by atoms with Crippen molar-refractivity contribution in [2.45, 2.75) is 6.42 Å². The van der Waals surface area contributed by atoms with Crippen LogP contribution in [-0.2, 0) is 4.79 Å². The summed E-state index contributed by atoms with van der Waals surface area (Å²) in [6.45, 7) is 0. The lowest BCUT2D eigenvalue weighted by Crippen LogP contribution is -2.07. The van der Waals surface area contributed by atoms with Crippen LogP contribution >= 0.6 is 0 Å². The smallest absolute Gasteiger partial charge is 0.331 e. The van der Waals surface area contributed by atoms with Gasteiger partial charge in [-0.1, -0.05) is 12.2 Å². The first-order valence-electron chi connectivity index (χ1n) is 5.43. The zero-order chi connectivity index (χ0) is 12.5. The molecule has 5 nitrogen and oxygen atoms in total. The summed E-state index contributed by atoms with van der Waals surface area (Å²) in [6, 6.07) is 0. The highest BCUT2D eigenvalue weighted by atomic mass is 16.4. The van der Waals surface area contributed by atoms with Crippen LogP contribution in [0.3, 0.4) is 0 Å². The fourth-order valence-corrected chi connectivity index (χ4v) is 2.01. The van der Waals surface area contributed by atoms with Crippen LogP contribution in [0.1, 0.15) is 17.7 Å². The molecule has 1 aliphatic carbocycles. The Morgan fingerprint density at radius 2 is 2.22 bits per heavy atom. The normalized spacial score (nSPS) is 16.8. The highest BCUT2D eigenvalue weighted by Gasteiger charge is 2.21. The summed E-state index contributed by atoms with van der Waals surface area (Å²) in [6.07, 6.45) is 10.3. The Morgan fingerprint density at radius 1 is 1.33 bits per heavy atom. The van der Waals surface area contributed by atoms with Gasteiger partial charge in [-0.3, -0.25) is 4.99 Å². The van der Waals surface area contributed by atoms with Crippen LogP contribution in [0, 0.1) is 0 Å². The molecule has 2 heterocycles. The standard InChI is InChI=1S/C13H9N3O2/c17-13(18)8-1-2-11-9(3-8)4-14-5-10-6-15-7-16-12(10)11/h1-2,4-7H,3H2,(H,17,18). The molecule has 0 bridgehead atoms. The first kappa shape index (κ1) is 10.6. The number of rotatable bonds is 1. The number of hydrogen-bond donors (Lipinski definition) is 1. The predicted molar refractivity (Wildman–Crippen MR) is 66.0 cm³/mol. The number of aliphatic imine (C=N–C) groups is 1. The van der Waals surface area contributed by atoms with Gasteiger partial charge in [0.25, 0.3) is 0 Å². The molecule has 0 atom stereocenters. The van der Waals surface area contributed by atoms with E-state index >= 15 is 0 Å². The quantitative estimate of drug-likeness (QED) is 0.807. The van der Waals surface area contributed by atoms with E-state index in [0.717, 1.165) is 22.4 Å². The molecular weight excluding hydrogens is 230 g/mol. The average molecular weight is 239 g/mol. The van der Waals surface area contributed by atoms with Gasteiger partial charge >= 0.3 is 5.97 Å². The lowest BCUT2D eigenvalue weighted by atomic mass is 9.90. The third-order valence-electron chi connectivity index (χ3n) is 2.89. The van der Waals surface area contributed by atoms with E-state index in [1.54, 1.807) is 30.8 Å². The molecule has 1 aromatic rings. The Bertz CT molecular complexity index is 654. The minimum atomic E-state index is -0.901. The number of carboxylic acids is 1. The van der Waals surface area contributed by atoms with Gasteiger partial charge in [0.05, 0.1) is 5.69 Å². The zero-order valence-electron chi connectivity index (χ0n) is 9.37. The molecule has 3 rings (SSSR count). The summed E-state index contributed by atoms with van der Waals surface area (Å²) >= 11 is 0. The lowest BCUT2D eigenvalue weighted by molar-refractivity contribution is -0.132. The number of hydrogen-bond acceptors (Lipinski definition) is 4. The second-order valence-corrected chi connectivity index (χ2v) is 4.01. The molecule has 1 N–H and O–H groups in total. The van der Waals surface area contributed by atoms with Gasteiger partial charge in [0.15, 0.2) is 0 Å². The summed E-state index contributed by atoms with van der Waals surface area (Å²) in [5.74, 6) is -0.901. The monoisotopic (exact) mass is 239 g/mol. The first-order chi connectivity index (χ1) is 8.75. The SMILES string of the molecule is O=C(O)C1=CC=C2C(=CN=Cc3cncnc32)C1. The Kier molecular flexibility index (Phi) is 2.37. The van der Waals surface area contributed by atoms with Crippen LogP contribution in [0.5, 0.6) is 0 Å². The van der Waals surface area contributed by atoms with Crippen LogP contribution in [0.25, 0.3) is 5.57 Å². The molecule has 0 fully saturated rings. The maximum atomic E-state index is 11.0. The van der Waals surface area contributed by atoms with Crippen molar-refractivity contribution < 1.29 is 9.90 Å². The zero-order valence-corrected chi connectivity index (χ0v) is 9.37.